The Labute approximate surface area is 222 Å². The summed E-state index contributed by atoms with van der Waals surface area (Å²) >= 11 is 0. The third kappa shape index (κ3) is 6.08. The number of fused-ring (bicyclic) bond motifs is 1. The quantitative estimate of drug-likeness (QED) is 0.228. The van der Waals surface area contributed by atoms with Gasteiger partial charge in [-0.15, -0.1) is 0 Å². The van der Waals surface area contributed by atoms with Crippen LogP contribution < -0.4 is 29.6 Å². The number of aromatic nitrogens is 1. The van der Waals surface area contributed by atoms with Gasteiger partial charge in [0.25, 0.3) is 5.91 Å². The summed E-state index contributed by atoms with van der Waals surface area (Å²) in [5, 5.41) is 7.26. The number of ether oxygens (including phenoxy) is 4. The summed E-state index contributed by atoms with van der Waals surface area (Å²) in [5.74, 6) is 2.69. The predicted molar refractivity (Wildman–Crippen MR) is 151 cm³/mol. The Hall–Kier alpha value is -4.46. The number of methoxy groups -OCH3 is 1. The lowest BCUT2D eigenvalue weighted by atomic mass is 10.1. The molecule has 4 rings (SSSR count). The molecule has 8 nitrogen and oxygen atoms in total. The molecule has 0 aliphatic carbocycles. The number of nitrogens with one attached hydrogen (secondary N) is 2. The minimum Gasteiger partial charge on any atom is -0.497 e. The second kappa shape index (κ2) is 12.2. The number of pyridine rings is 1. The van der Waals surface area contributed by atoms with Gasteiger partial charge in [-0.05, 0) is 93.9 Å². The lowest BCUT2D eigenvalue weighted by Crippen LogP contribution is -2.13. The van der Waals surface area contributed by atoms with Gasteiger partial charge >= 0.3 is 0 Å². The Morgan fingerprint density at radius 2 is 1.45 bits per heavy atom. The van der Waals surface area contributed by atoms with Gasteiger partial charge in [0.2, 0.25) is 5.75 Å². The predicted octanol–water partition coefficient (Wildman–Crippen LogP) is 6.74. The first-order valence-corrected chi connectivity index (χ1v) is 12.7. The van der Waals surface area contributed by atoms with E-state index in [2.05, 4.69) is 10.6 Å². The first kappa shape index (κ1) is 26.6. The maximum Gasteiger partial charge on any atom is 0.255 e. The lowest BCUT2D eigenvalue weighted by Gasteiger charge is -2.17. The molecule has 0 fully saturated rings. The van der Waals surface area contributed by atoms with Crippen LogP contribution in [0, 0.1) is 6.92 Å². The van der Waals surface area contributed by atoms with Crippen LogP contribution in [0.25, 0.3) is 10.9 Å². The molecule has 0 bridgehead atoms. The fourth-order valence-corrected chi connectivity index (χ4v) is 4.08. The van der Waals surface area contributed by atoms with Crippen LogP contribution in [-0.4, -0.2) is 37.8 Å². The monoisotopic (exact) mass is 515 g/mol. The van der Waals surface area contributed by atoms with Gasteiger partial charge in [-0.2, -0.15) is 0 Å². The van der Waals surface area contributed by atoms with E-state index >= 15 is 0 Å². The van der Waals surface area contributed by atoms with Crippen LogP contribution >= 0.6 is 0 Å². The molecule has 38 heavy (non-hydrogen) atoms. The van der Waals surface area contributed by atoms with Crippen LogP contribution in [0.4, 0.5) is 17.2 Å². The molecule has 1 amide bonds. The second-order valence-electron chi connectivity index (χ2n) is 8.46. The maximum absolute atomic E-state index is 13.2. The molecule has 4 aromatic rings. The number of anilines is 3. The number of amides is 1. The number of nitrogens with zero attached hydrogens (tertiary/aromatic N) is 1. The summed E-state index contributed by atoms with van der Waals surface area (Å²) in [6, 6.07) is 18.7. The van der Waals surface area contributed by atoms with E-state index in [1.54, 1.807) is 19.2 Å². The summed E-state index contributed by atoms with van der Waals surface area (Å²) in [6.45, 7) is 8.99. The highest BCUT2D eigenvalue weighted by atomic mass is 16.5. The average molecular weight is 516 g/mol. The van der Waals surface area contributed by atoms with Crippen molar-refractivity contribution in [3.05, 3.63) is 71.8 Å². The molecular weight excluding hydrogens is 482 g/mol. The van der Waals surface area contributed by atoms with Crippen LogP contribution in [0.1, 0.15) is 36.7 Å². The highest BCUT2D eigenvalue weighted by molar-refractivity contribution is 6.06. The van der Waals surface area contributed by atoms with Crippen molar-refractivity contribution in [3.8, 4) is 23.0 Å². The molecule has 0 spiro atoms. The molecule has 0 saturated heterocycles. The number of aryl methyl sites for hydroxylation is 1. The Bertz CT molecular complexity index is 1390. The zero-order valence-corrected chi connectivity index (χ0v) is 22.4. The molecule has 198 valence electrons. The fourth-order valence-electron chi connectivity index (χ4n) is 4.08. The molecular formula is C30H33N3O5. The molecule has 0 aliphatic rings. The third-order valence-corrected chi connectivity index (χ3v) is 5.81. The molecule has 0 radical (unpaired) electrons. The second-order valence-corrected chi connectivity index (χ2v) is 8.46. The molecule has 1 aromatic heterocycles. The number of hydrogen-bond donors (Lipinski definition) is 2. The highest BCUT2D eigenvalue weighted by Gasteiger charge is 2.19. The van der Waals surface area contributed by atoms with Gasteiger partial charge in [0.15, 0.2) is 11.5 Å². The van der Waals surface area contributed by atoms with E-state index in [0.29, 0.717) is 48.3 Å². The van der Waals surface area contributed by atoms with Crippen molar-refractivity contribution < 1.29 is 23.7 Å². The van der Waals surface area contributed by atoms with Crippen molar-refractivity contribution in [2.75, 3.05) is 37.6 Å². The molecule has 0 atom stereocenters. The summed E-state index contributed by atoms with van der Waals surface area (Å²) < 4.78 is 22.5. The maximum atomic E-state index is 13.2. The molecule has 1 heterocycles. The Balaban J connectivity index is 1.58. The van der Waals surface area contributed by atoms with Crippen LogP contribution in [0.15, 0.2) is 60.7 Å². The summed E-state index contributed by atoms with van der Waals surface area (Å²) in [6.07, 6.45) is 0. The lowest BCUT2D eigenvalue weighted by molar-refractivity contribution is 0.102. The smallest absolute Gasteiger partial charge is 0.255 e. The van der Waals surface area contributed by atoms with E-state index in [4.69, 9.17) is 23.9 Å². The summed E-state index contributed by atoms with van der Waals surface area (Å²) in [7, 11) is 1.64. The van der Waals surface area contributed by atoms with Crippen molar-refractivity contribution in [1.82, 2.24) is 4.98 Å². The Kier molecular flexibility index (Phi) is 8.53. The van der Waals surface area contributed by atoms with E-state index in [0.717, 1.165) is 33.7 Å². The van der Waals surface area contributed by atoms with E-state index in [1.165, 1.54) is 0 Å². The van der Waals surface area contributed by atoms with Crippen LogP contribution in [0.5, 0.6) is 23.0 Å². The summed E-state index contributed by atoms with van der Waals surface area (Å²) in [5.41, 5.74) is 3.83. The largest absolute Gasteiger partial charge is 0.497 e. The number of hydrogen-bond acceptors (Lipinski definition) is 7. The first-order chi connectivity index (χ1) is 18.4. The highest BCUT2D eigenvalue weighted by Crippen LogP contribution is 2.39. The van der Waals surface area contributed by atoms with Gasteiger partial charge in [-0.1, -0.05) is 0 Å². The molecule has 0 saturated carbocycles. The van der Waals surface area contributed by atoms with Gasteiger partial charge in [-0.3, -0.25) is 4.79 Å². The van der Waals surface area contributed by atoms with E-state index < -0.39 is 0 Å². The third-order valence-electron chi connectivity index (χ3n) is 5.81. The number of benzene rings is 3. The molecule has 3 aromatic carbocycles. The number of carbonyl (C=O) groups excluding carboxylic acids is 1. The van der Waals surface area contributed by atoms with Crippen molar-refractivity contribution >= 4 is 34.0 Å². The topological polar surface area (TPSA) is 90.9 Å². The van der Waals surface area contributed by atoms with Crippen molar-refractivity contribution in [1.29, 1.82) is 0 Å². The van der Waals surface area contributed by atoms with Crippen molar-refractivity contribution in [3.63, 3.8) is 0 Å². The Morgan fingerprint density at radius 3 is 2.05 bits per heavy atom. The van der Waals surface area contributed by atoms with Gasteiger partial charge in [-0.25, -0.2) is 4.98 Å². The Morgan fingerprint density at radius 1 is 0.816 bits per heavy atom. The SMILES string of the molecule is CCOc1cc(C(=O)Nc2ccc3nc(Nc4ccc(OC)cc4)cc(C)c3c2)cc(OCC)c1OCC. The zero-order chi connectivity index (χ0) is 27.1. The summed E-state index contributed by atoms with van der Waals surface area (Å²) in [4.78, 5) is 18.0. The average Bonchev–Trinajstić information content (AvgIpc) is 2.91. The fraction of sp³-hybridized carbons (Fsp3) is 0.267. The van der Waals surface area contributed by atoms with Gasteiger partial charge in [0.05, 0.1) is 32.4 Å². The number of carbonyl (C=O) groups is 1. The van der Waals surface area contributed by atoms with Crippen LogP contribution in [0.2, 0.25) is 0 Å². The van der Waals surface area contributed by atoms with E-state index in [-0.39, 0.29) is 5.91 Å². The van der Waals surface area contributed by atoms with Gasteiger partial charge < -0.3 is 29.6 Å². The van der Waals surface area contributed by atoms with Gasteiger partial charge in [0, 0.05) is 22.3 Å². The molecule has 2 N–H and O–H groups in total. The first-order valence-electron chi connectivity index (χ1n) is 12.7. The van der Waals surface area contributed by atoms with Crippen molar-refractivity contribution in [2.45, 2.75) is 27.7 Å². The van der Waals surface area contributed by atoms with Crippen LogP contribution in [-0.2, 0) is 0 Å². The minimum absolute atomic E-state index is 0.280. The van der Waals surface area contributed by atoms with Crippen LogP contribution in [0.3, 0.4) is 0 Å². The molecule has 8 heteroatoms. The molecule has 0 unspecified atom stereocenters. The minimum atomic E-state index is -0.280. The number of rotatable bonds is 11. The zero-order valence-electron chi connectivity index (χ0n) is 22.4. The molecule has 0 aliphatic heterocycles. The van der Waals surface area contributed by atoms with E-state index in [9.17, 15) is 4.79 Å². The van der Waals surface area contributed by atoms with Gasteiger partial charge in [0.1, 0.15) is 11.6 Å². The van der Waals surface area contributed by atoms with E-state index in [1.807, 2.05) is 76.2 Å². The van der Waals surface area contributed by atoms with Crippen molar-refractivity contribution in [2.24, 2.45) is 0 Å². The normalized spacial score (nSPS) is 10.7. The standard InChI is InChI=1S/C30H33N3O5/c1-6-36-26-16-20(17-27(37-7-2)29(26)38-8-3)30(34)32-22-11-14-25-24(18-22)19(4)15-28(33-25)31-21-9-12-23(35-5)13-10-21/h9-18H,6-8H2,1-5H3,(H,31,33)(H,32,34).